The van der Waals surface area contributed by atoms with Crippen LogP contribution in [0.4, 0.5) is 0 Å². The van der Waals surface area contributed by atoms with Crippen molar-refractivity contribution < 1.29 is 5.11 Å². The van der Waals surface area contributed by atoms with Gasteiger partial charge in [0.25, 0.3) is 0 Å². The average Bonchev–Trinajstić information content (AvgIpc) is 2.97. The van der Waals surface area contributed by atoms with Crippen LogP contribution in [0.2, 0.25) is 0 Å². The van der Waals surface area contributed by atoms with Crippen molar-refractivity contribution in [3.8, 4) is 11.1 Å². The second-order valence-corrected chi connectivity index (χ2v) is 6.73. The van der Waals surface area contributed by atoms with Gasteiger partial charge < -0.3 is 5.11 Å². The lowest BCUT2D eigenvalue weighted by Gasteiger charge is -2.08. The van der Waals surface area contributed by atoms with Crippen LogP contribution in [0, 0.1) is 0 Å². The van der Waals surface area contributed by atoms with Crippen molar-refractivity contribution in [3.05, 3.63) is 59.2 Å². The topological polar surface area (TPSA) is 20.2 Å². The lowest BCUT2D eigenvalue weighted by Crippen LogP contribution is -1.93. The van der Waals surface area contributed by atoms with E-state index in [1.54, 1.807) is 11.1 Å². The molecule has 3 rings (SSSR count). The summed E-state index contributed by atoms with van der Waals surface area (Å²) in [6.07, 6.45) is 11.0. The van der Waals surface area contributed by atoms with Gasteiger partial charge in [0, 0.05) is 6.61 Å². The zero-order valence-corrected chi connectivity index (χ0v) is 14.1. The van der Waals surface area contributed by atoms with E-state index in [1.807, 2.05) is 0 Å². The van der Waals surface area contributed by atoms with Gasteiger partial charge in [-0.15, -0.1) is 0 Å². The standard InChI is InChI=1S/C22H28O/c23-16-9-5-3-1-2-4-6-11-18-13-10-15-21-20-14-8-7-12-19(20)17-22(18)21/h7-8,10,12-15,23H,1-6,9,11,16-17H2. The number of hydrogen-bond donors (Lipinski definition) is 1. The smallest absolute Gasteiger partial charge is 0.0431 e. The molecule has 1 heteroatoms. The fourth-order valence-electron chi connectivity index (χ4n) is 3.77. The zero-order valence-electron chi connectivity index (χ0n) is 14.1. The molecule has 0 heterocycles. The van der Waals surface area contributed by atoms with Gasteiger partial charge in [0.1, 0.15) is 0 Å². The van der Waals surface area contributed by atoms with Gasteiger partial charge in [-0.1, -0.05) is 74.6 Å². The summed E-state index contributed by atoms with van der Waals surface area (Å²) in [5.41, 5.74) is 7.50. The average molecular weight is 308 g/mol. The summed E-state index contributed by atoms with van der Waals surface area (Å²) in [7, 11) is 0. The zero-order chi connectivity index (χ0) is 15.9. The molecule has 0 saturated carbocycles. The molecule has 122 valence electrons. The van der Waals surface area contributed by atoms with Gasteiger partial charge >= 0.3 is 0 Å². The van der Waals surface area contributed by atoms with Crippen LogP contribution >= 0.6 is 0 Å². The number of benzene rings is 2. The predicted octanol–water partition coefficient (Wildman–Crippen LogP) is 5.52. The lowest BCUT2D eigenvalue weighted by atomic mass is 9.96. The van der Waals surface area contributed by atoms with Crippen molar-refractivity contribution in [1.29, 1.82) is 0 Å². The first-order valence-electron chi connectivity index (χ1n) is 9.20. The van der Waals surface area contributed by atoms with Gasteiger partial charge in [-0.2, -0.15) is 0 Å². The van der Waals surface area contributed by atoms with Crippen LogP contribution in [0.1, 0.15) is 61.6 Å². The van der Waals surface area contributed by atoms with Crippen LogP contribution in [0.3, 0.4) is 0 Å². The summed E-state index contributed by atoms with van der Waals surface area (Å²) in [6, 6.07) is 15.7. The molecule has 0 aromatic heterocycles. The second-order valence-electron chi connectivity index (χ2n) is 6.73. The Bertz CT molecular complexity index is 630. The van der Waals surface area contributed by atoms with Gasteiger partial charge in [-0.3, -0.25) is 0 Å². The maximum atomic E-state index is 8.78. The summed E-state index contributed by atoms with van der Waals surface area (Å²) in [5.74, 6) is 0. The molecule has 0 aliphatic heterocycles. The number of aliphatic hydroxyl groups is 1. The van der Waals surface area contributed by atoms with Crippen molar-refractivity contribution in [2.75, 3.05) is 6.61 Å². The lowest BCUT2D eigenvalue weighted by molar-refractivity contribution is 0.282. The van der Waals surface area contributed by atoms with Crippen LogP contribution in [0.25, 0.3) is 11.1 Å². The molecule has 0 unspecified atom stereocenters. The summed E-state index contributed by atoms with van der Waals surface area (Å²) in [4.78, 5) is 0. The van der Waals surface area contributed by atoms with Crippen LogP contribution in [0.15, 0.2) is 42.5 Å². The van der Waals surface area contributed by atoms with Gasteiger partial charge in [0.05, 0.1) is 0 Å². The van der Waals surface area contributed by atoms with Crippen molar-refractivity contribution in [3.63, 3.8) is 0 Å². The van der Waals surface area contributed by atoms with E-state index in [0.29, 0.717) is 6.61 Å². The number of aliphatic hydroxyl groups excluding tert-OH is 1. The van der Waals surface area contributed by atoms with Gasteiger partial charge in [-0.05, 0) is 53.5 Å². The highest BCUT2D eigenvalue weighted by atomic mass is 16.2. The third-order valence-electron chi connectivity index (χ3n) is 5.05. The first-order chi connectivity index (χ1) is 11.4. The molecule has 2 aromatic carbocycles. The molecule has 0 fully saturated rings. The first kappa shape index (κ1) is 16.3. The van der Waals surface area contributed by atoms with E-state index >= 15 is 0 Å². The molecule has 1 aliphatic rings. The molecule has 0 atom stereocenters. The number of hydrogen-bond acceptors (Lipinski definition) is 1. The van der Waals surface area contributed by atoms with Crippen molar-refractivity contribution in [2.24, 2.45) is 0 Å². The summed E-state index contributed by atoms with van der Waals surface area (Å²) >= 11 is 0. The third-order valence-corrected chi connectivity index (χ3v) is 5.05. The molecule has 0 amide bonds. The number of unbranched alkanes of at least 4 members (excludes halogenated alkanes) is 6. The van der Waals surface area contributed by atoms with Crippen LogP contribution in [0.5, 0.6) is 0 Å². The molecule has 2 aromatic rings. The van der Waals surface area contributed by atoms with E-state index < -0.39 is 0 Å². The summed E-state index contributed by atoms with van der Waals surface area (Å²) in [5, 5.41) is 8.78. The molecule has 0 saturated heterocycles. The minimum absolute atomic E-state index is 0.349. The van der Waals surface area contributed by atoms with E-state index in [2.05, 4.69) is 42.5 Å². The minimum Gasteiger partial charge on any atom is -0.396 e. The molecule has 1 N–H and O–H groups in total. The largest absolute Gasteiger partial charge is 0.396 e. The number of fused-ring (bicyclic) bond motifs is 3. The molecule has 0 spiro atoms. The second kappa shape index (κ2) is 8.31. The molecule has 1 aliphatic carbocycles. The summed E-state index contributed by atoms with van der Waals surface area (Å²) in [6.45, 7) is 0.349. The number of rotatable bonds is 9. The Morgan fingerprint density at radius 1 is 0.696 bits per heavy atom. The monoisotopic (exact) mass is 308 g/mol. The molecular weight excluding hydrogens is 280 g/mol. The SMILES string of the molecule is OCCCCCCCCCc1cccc2c1Cc1ccccc1-2. The Labute approximate surface area is 140 Å². The normalized spacial score (nSPS) is 12.2. The Balaban J connectivity index is 1.49. The van der Waals surface area contributed by atoms with Gasteiger partial charge in [0.2, 0.25) is 0 Å². The Morgan fingerprint density at radius 3 is 2.22 bits per heavy atom. The fourth-order valence-corrected chi connectivity index (χ4v) is 3.77. The first-order valence-corrected chi connectivity index (χ1v) is 9.20. The number of aryl methyl sites for hydroxylation is 1. The van der Waals surface area contributed by atoms with E-state index in [4.69, 9.17) is 5.11 Å². The molecule has 23 heavy (non-hydrogen) atoms. The summed E-state index contributed by atoms with van der Waals surface area (Å²) < 4.78 is 0. The van der Waals surface area contributed by atoms with Gasteiger partial charge in [0.15, 0.2) is 0 Å². The van der Waals surface area contributed by atoms with E-state index in [0.717, 1.165) is 12.8 Å². The molecule has 0 bridgehead atoms. The molecule has 0 radical (unpaired) electrons. The maximum absolute atomic E-state index is 8.78. The van der Waals surface area contributed by atoms with Crippen molar-refractivity contribution in [1.82, 2.24) is 0 Å². The van der Waals surface area contributed by atoms with Crippen molar-refractivity contribution >= 4 is 0 Å². The highest BCUT2D eigenvalue weighted by Gasteiger charge is 2.19. The Morgan fingerprint density at radius 2 is 1.39 bits per heavy atom. The van der Waals surface area contributed by atoms with Crippen LogP contribution in [-0.4, -0.2) is 11.7 Å². The van der Waals surface area contributed by atoms with E-state index in [9.17, 15) is 0 Å². The Hall–Kier alpha value is -1.60. The third kappa shape index (κ3) is 4.03. The molecule has 1 nitrogen and oxygen atoms in total. The maximum Gasteiger partial charge on any atom is 0.0431 e. The quantitative estimate of drug-likeness (QED) is 0.516. The predicted molar refractivity (Wildman–Crippen MR) is 97.8 cm³/mol. The Kier molecular flexibility index (Phi) is 5.87. The molecular formula is C22H28O. The highest BCUT2D eigenvalue weighted by molar-refractivity contribution is 5.77. The van der Waals surface area contributed by atoms with Crippen molar-refractivity contribution in [2.45, 2.75) is 57.8 Å². The fraction of sp³-hybridized carbons (Fsp3) is 0.455. The minimum atomic E-state index is 0.349. The van der Waals surface area contributed by atoms with Gasteiger partial charge in [-0.25, -0.2) is 0 Å². The van der Waals surface area contributed by atoms with Crippen LogP contribution < -0.4 is 0 Å². The van der Waals surface area contributed by atoms with Crippen LogP contribution in [-0.2, 0) is 12.8 Å². The van der Waals surface area contributed by atoms with E-state index in [-0.39, 0.29) is 0 Å². The van der Waals surface area contributed by atoms with E-state index in [1.165, 1.54) is 61.6 Å². The highest BCUT2D eigenvalue weighted by Crippen LogP contribution is 2.38.